The average molecular weight is 221 g/mol. The molecule has 0 spiro atoms. The van der Waals surface area contributed by atoms with Gasteiger partial charge in [-0.15, -0.1) is 0 Å². The zero-order chi connectivity index (χ0) is 10.1. The van der Waals surface area contributed by atoms with Crippen LogP contribution < -0.4 is 4.72 Å². The van der Waals surface area contributed by atoms with Crippen molar-refractivity contribution < 1.29 is 13.6 Å². The number of hydrogen-bond acceptors (Lipinski definition) is 2. The molecule has 2 fully saturated rings. The average Bonchev–Trinajstić information content (AvgIpc) is 2.93. The van der Waals surface area contributed by atoms with E-state index in [1.54, 1.807) is 0 Å². The van der Waals surface area contributed by atoms with Gasteiger partial charge in [0.05, 0.1) is 0 Å². The van der Waals surface area contributed by atoms with E-state index in [1.165, 1.54) is 11.9 Å². The summed E-state index contributed by atoms with van der Waals surface area (Å²) in [5, 5.41) is 0.575. The van der Waals surface area contributed by atoms with Gasteiger partial charge in [0.25, 0.3) is 0 Å². The minimum Gasteiger partial charge on any atom is -0.300 e. The van der Waals surface area contributed by atoms with Crippen molar-refractivity contribution in [2.45, 2.75) is 37.4 Å². The Bertz CT molecular complexity index is 233. The van der Waals surface area contributed by atoms with Crippen LogP contribution in [0.4, 0.5) is 8.78 Å². The molecular formula is C9H13F2NOS. The molecule has 14 heavy (non-hydrogen) atoms. The number of rotatable bonds is 5. The Hall–Kier alpha value is -0.320. The summed E-state index contributed by atoms with van der Waals surface area (Å²) in [7, 11) is 0. The molecule has 0 aromatic rings. The maximum Gasteiger partial charge on any atom is 0.238 e. The Balaban J connectivity index is 1.62. The number of halogens is 2. The summed E-state index contributed by atoms with van der Waals surface area (Å²) in [5.74, 6) is -0.266. The molecule has 2 atom stereocenters. The third-order valence-corrected chi connectivity index (χ3v) is 3.71. The van der Waals surface area contributed by atoms with Crippen molar-refractivity contribution in [3.8, 4) is 0 Å². The Morgan fingerprint density at radius 2 is 2.21 bits per heavy atom. The molecule has 0 aromatic heterocycles. The molecule has 0 aliphatic heterocycles. The van der Waals surface area contributed by atoms with E-state index in [4.69, 9.17) is 0 Å². The lowest BCUT2D eigenvalue weighted by molar-refractivity contribution is -0.120. The van der Waals surface area contributed by atoms with Gasteiger partial charge in [-0.1, -0.05) is 0 Å². The predicted octanol–water partition coefficient (Wildman–Crippen LogP) is 2.20. The van der Waals surface area contributed by atoms with Crippen LogP contribution in [0.15, 0.2) is 0 Å². The van der Waals surface area contributed by atoms with Gasteiger partial charge in [0.15, 0.2) is 0 Å². The fourth-order valence-electron chi connectivity index (χ4n) is 1.46. The highest BCUT2D eigenvalue weighted by molar-refractivity contribution is 7.98. The first-order valence-corrected chi connectivity index (χ1v) is 5.78. The van der Waals surface area contributed by atoms with Gasteiger partial charge < -0.3 is 0 Å². The van der Waals surface area contributed by atoms with E-state index in [2.05, 4.69) is 4.72 Å². The molecule has 1 amide bonds. The third-order valence-electron chi connectivity index (χ3n) is 2.59. The van der Waals surface area contributed by atoms with E-state index in [1.807, 2.05) is 0 Å². The minimum absolute atomic E-state index is 0.0486. The fourth-order valence-corrected chi connectivity index (χ4v) is 2.27. The maximum atomic E-state index is 11.9. The summed E-state index contributed by atoms with van der Waals surface area (Å²) in [6, 6.07) is 0. The highest BCUT2D eigenvalue weighted by Crippen LogP contribution is 2.43. The molecule has 5 heteroatoms. The molecule has 2 aliphatic carbocycles. The monoisotopic (exact) mass is 221 g/mol. The van der Waals surface area contributed by atoms with Crippen molar-refractivity contribution in [3.05, 3.63) is 0 Å². The molecule has 2 rings (SSSR count). The zero-order valence-electron chi connectivity index (χ0n) is 7.71. The molecule has 1 N–H and O–H groups in total. The molecule has 80 valence electrons. The number of nitrogens with one attached hydrogen (secondary N) is 1. The normalized spacial score (nSPS) is 30.5. The highest BCUT2D eigenvalue weighted by Gasteiger charge is 2.44. The van der Waals surface area contributed by atoms with Gasteiger partial charge >= 0.3 is 0 Å². The molecular weight excluding hydrogens is 208 g/mol. The number of alkyl halides is 2. The van der Waals surface area contributed by atoms with Crippen molar-refractivity contribution in [2.24, 2.45) is 11.8 Å². The van der Waals surface area contributed by atoms with Crippen molar-refractivity contribution in [2.75, 3.05) is 0 Å². The molecule has 2 saturated carbocycles. The summed E-state index contributed by atoms with van der Waals surface area (Å²) >= 11 is 1.45. The second kappa shape index (κ2) is 4.04. The molecule has 0 heterocycles. The van der Waals surface area contributed by atoms with Crippen LogP contribution in [-0.4, -0.2) is 17.6 Å². The third kappa shape index (κ3) is 2.83. The molecule has 2 nitrogen and oxygen atoms in total. The second-order valence-electron chi connectivity index (χ2n) is 4.01. The van der Waals surface area contributed by atoms with Crippen LogP contribution in [0, 0.1) is 11.8 Å². The standard InChI is InChI=1S/C9H13F2NOS/c10-8(11)4-5-3-7(5)9(13)12-14-6-1-2-6/h5-8H,1-4H2,(H,12,13). The lowest BCUT2D eigenvalue weighted by Gasteiger charge is -2.02. The van der Waals surface area contributed by atoms with Crippen LogP contribution in [0.5, 0.6) is 0 Å². The van der Waals surface area contributed by atoms with Gasteiger partial charge in [-0.2, -0.15) is 0 Å². The van der Waals surface area contributed by atoms with Crippen LogP contribution in [-0.2, 0) is 4.79 Å². The van der Waals surface area contributed by atoms with Gasteiger partial charge in [0, 0.05) is 17.6 Å². The minimum atomic E-state index is -2.27. The van der Waals surface area contributed by atoms with Crippen LogP contribution in [0.1, 0.15) is 25.7 Å². The summed E-state index contributed by atoms with van der Waals surface area (Å²) in [6.45, 7) is 0. The number of carbonyl (C=O) groups excluding carboxylic acids is 1. The van der Waals surface area contributed by atoms with E-state index in [-0.39, 0.29) is 24.2 Å². The predicted molar refractivity (Wildman–Crippen MR) is 51.0 cm³/mol. The molecule has 2 aliphatic rings. The first kappa shape index (κ1) is 10.2. The topological polar surface area (TPSA) is 29.1 Å². The summed E-state index contributed by atoms with van der Waals surface area (Å²) in [6.07, 6.45) is 0.577. The van der Waals surface area contributed by atoms with E-state index in [0.717, 1.165) is 12.8 Å². The Morgan fingerprint density at radius 3 is 2.79 bits per heavy atom. The van der Waals surface area contributed by atoms with E-state index < -0.39 is 6.43 Å². The van der Waals surface area contributed by atoms with Crippen LogP contribution >= 0.6 is 11.9 Å². The Morgan fingerprint density at radius 1 is 1.50 bits per heavy atom. The molecule has 0 radical (unpaired) electrons. The smallest absolute Gasteiger partial charge is 0.238 e. The number of hydrogen-bond donors (Lipinski definition) is 1. The van der Waals surface area contributed by atoms with Crippen molar-refractivity contribution >= 4 is 17.9 Å². The van der Waals surface area contributed by atoms with Crippen molar-refractivity contribution in [1.29, 1.82) is 0 Å². The first-order chi connectivity index (χ1) is 6.66. The van der Waals surface area contributed by atoms with Crippen molar-refractivity contribution in [1.82, 2.24) is 4.72 Å². The fraction of sp³-hybridized carbons (Fsp3) is 0.889. The number of carbonyl (C=O) groups is 1. The van der Waals surface area contributed by atoms with Gasteiger partial charge in [-0.05, 0) is 37.1 Å². The van der Waals surface area contributed by atoms with Crippen LogP contribution in [0.3, 0.4) is 0 Å². The van der Waals surface area contributed by atoms with E-state index >= 15 is 0 Å². The summed E-state index contributed by atoms with van der Waals surface area (Å²) < 4.78 is 26.6. The summed E-state index contributed by atoms with van der Waals surface area (Å²) in [5.41, 5.74) is 0. The number of amides is 1. The SMILES string of the molecule is O=C(NSC1CC1)C1CC1CC(F)F. The molecule has 0 bridgehead atoms. The van der Waals surface area contributed by atoms with Gasteiger partial charge in [-0.25, -0.2) is 8.78 Å². The van der Waals surface area contributed by atoms with E-state index in [9.17, 15) is 13.6 Å². The van der Waals surface area contributed by atoms with E-state index in [0.29, 0.717) is 11.7 Å². The van der Waals surface area contributed by atoms with Crippen LogP contribution in [0.25, 0.3) is 0 Å². The molecule has 0 aromatic carbocycles. The van der Waals surface area contributed by atoms with Crippen LogP contribution in [0.2, 0.25) is 0 Å². The van der Waals surface area contributed by atoms with Gasteiger partial charge in [0.1, 0.15) is 0 Å². The molecule has 0 saturated heterocycles. The maximum absolute atomic E-state index is 11.9. The Kier molecular flexibility index (Phi) is 2.95. The lowest BCUT2D eigenvalue weighted by Crippen LogP contribution is -2.19. The first-order valence-electron chi connectivity index (χ1n) is 4.90. The largest absolute Gasteiger partial charge is 0.300 e. The molecule has 2 unspecified atom stereocenters. The summed E-state index contributed by atoms with van der Waals surface area (Å²) in [4.78, 5) is 11.4. The van der Waals surface area contributed by atoms with Gasteiger partial charge in [0.2, 0.25) is 12.3 Å². The lowest BCUT2D eigenvalue weighted by atomic mass is 10.2. The quantitative estimate of drug-likeness (QED) is 0.721. The highest BCUT2D eigenvalue weighted by atomic mass is 32.2. The van der Waals surface area contributed by atoms with Crippen molar-refractivity contribution in [3.63, 3.8) is 0 Å². The van der Waals surface area contributed by atoms with Gasteiger partial charge in [-0.3, -0.25) is 9.52 Å². The zero-order valence-corrected chi connectivity index (χ0v) is 8.53. The second-order valence-corrected chi connectivity index (χ2v) is 5.12. The Labute approximate surface area is 85.9 Å².